The van der Waals surface area contributed by atoms with Crippen LogP contribution in [0.4, 0.5) is 0 Å². The van der Waals surface area contributed by atoms with E-state index in [0.717, 1.165) is 18.4 Å². The van der Waals surface area contributed by atoms with Crippen LogP contribution >= 0.6 is 0 Å². The van der Waals surface area contributed by atoms with Crippen molar-refractivity contribution in [3.8, 4) is 0 Å². The molecular formula is C16H19NO4. The monoisotopic (exact) mass is 289 g/mol. The molecule has 1 saturated carbocycles. The van der Waals surface area contributed by atoms with E-state index in [1.165, 1.54) is 6.92 Å². The molecule has 1 aromatic rings. The molecule has 1 aliphatic rings. The molecule has 1 fully saturated rings. The Kier molecular flexibility index (Phi) is 5.09. The van der Waals surface area contributed by atoms with E-state index in [-0.39, 0.29) is 24.3 Å². The van der Waals surface area contributed by atoms with Crippen LogP contribution in [-0.2, 0) is 25.5 Å². The number of benzene rings is 1. The third-order valence-corrected chi connectivity index (χ3v) is 3.36. The van der Waals surface area contributed by atoms with Gasteiger partial charge in [-0.1, -0.05) is 30.3 Å². The smallest absolute Gasteiger partial charge is 0.309 e. The van der Waals surface area contributed by atoms with Crippen LogP contribution in [0.3, 0.4) is 0 Å². The van der Waals surface area contributed by atoms with E-state index in [1.807, 2.05) is 30.3 Å². The van der Waals surface area contributed by atoms with Gasteiger partial charge in [-0.15, -0.1) is 0 Å². The molecule has 0 bridgehead atoms. The molecule has 1 aliphatic carbocycles. The molecule has 21 heavy (non-hydrogen) atoms. The number of ether oxygens (including phenoxy) is 1. The second-order valence-corrected chi connectivity index (χ2v) is 5.30. The fourth-order valence-electron chi connectivity index (χ4n) is 1.96. The molecule has 2 rings (SSSR count). The highest BCUT2D eigenvalue weighted by molar-refractivity contribution is 5.89. The Balaban J connectivity index is 1.82. The summed E-state index contributed by atoms with van der Waals surface area (Å²) in [5, 5.41) is 2.61. The molecule has 1 atom stereocenters. The average Bonchev–Trinajstić information content (AvgIpc) is 3.29. The molecule has 0 aromatic heterocycles. The van der Waals surface area contributed by atoms with Crippen molar-refractivity contribution in [2.45, 2.75) is 32.2 Å². The van der Waals surface area contributed by atoms with Gasteiger partial charge in [0.25, 0.3) is 5.91 Å². The van der Waals surface area contributed by atoms with Gasteiger partial charge in [-0.05, 0) is 31.7 Å². The minimum atomic E-state index is -0.598. The maximum Gasteiger partial charge on any atom is 0.309 e. The molecule has 0 aliphatic heterocycles. The molecule has 0 spiro atoms. The summed E-state index contributed by atoms with van der Waals surface area (Å²) in [6.07, 6.45) is 2.10. The third kappa shape index (κ3) is 5.02. The van der Waals surface area contributed by atoms with Gasteiger partial charge in [0.05, 0.1) is 12.0 Å². The lowest BCUT2D eigenvalue weighted by molar-refractivity contribution is -0.150. The van der Waals surface area contributed by atoms with Crippen LogP contribution in [0.25, 0.3) is 0 Å². The second-order valence-electron chi connectivity index (χ2n) is 5.30. The molecule has 0 unspecified atom stereocenters. The molecule has 0 radical (unpaired) electrons. The Morgan fingerprint density at radius 2 is 1.90 bits per heavy atom. The van der Waals surface area contributed by atoms with Gasteiger partial charge in [-0.25, -0.2) is 0 Å². The quantitative estimate of drug-likeness (QED) is 0.767. The Labute approximate surface area is 123 Å². The highest BCUT2D eigenvalue weighted by Crippen LogP contribution is 2.29. The summed E-state index contributed by atoms with van der Waals surface area (Å²) in [7, 11) is 0. The molecule has 112 valence electrons. The van der Waals surface area contributed by atoms with Gasteiger partial charge in [0.1, 0.15) is 0 Å². The van der Waals surface area contributed by atoms with Crippen LogP contribution in [0.5, 0.6) is 0 Å². The summed E-state index contributed by atoms with van der Waals surface area (Å²) >= 11 is 0. The lowest BCUT2D eigenvalue weighted by Gasteiger charge is -2.16. The summed E-state index contributed by atoms with van der Waals surface area (Å²) in [5.41, 5.74) is 0.966. The summed E-state index contributed by atoms with van der Waals surface area (Å²) in [6, 6.07) is 8.85. The van der Waals surface area contributed by atoms with Gasteiger partial charge in [-0.2, -0.15) is 0 Å². The molecule has 5 nitrogen and oxygen atoms in total. The van der Waals surface area contributed by atoms with Gasteiger partial charge in [0.2, 0.25) is 0 Å². The zero-order valence-electron chi connectivity index (χ0n) is 12.0. The summed E-state index contributed by atoms with van der Waals surface area (Å²) in [4.78, 5) is 34.7. The number of carbonyl (C=O) groups is 3. The number of Topliss-reactive ketones (excluding diaryl/α,β-unsaturated/α-hetero) is 1. The fourth-order valence-corrected chi connectivity index (χ4v) is 1.96. The first-order valence-electron chi connectivity index (χ1n) is 7.06. The number of hydrogen-bond acceptors (Lipinski definition) is 4. The van der Waals surface area contributed by atoms with Crippen LogP contribution in [0.2, 0.25) is 0 Å². The predicted octanol–water partition coefficient (Wildman–Crippen LogP) is 1.26. The lowest BCUT2D eigenvalue weighted by atomic mass is 10.0. The van der Waals surface area contributed by atoms with Crippen molar-refractivity contribution in [3.63, 3.8) is 0 Å². The van der Waals surface area contributed by atoms with Gasteiger partial charge < -0.3 is 10.1 Å². The number of hydrogen-bond donors (Lipinski definition) is 1. The second kappa shape index (κ2) is 7.02. The molecule has 0 saturated heterocycles. The SMILES string of the molecule is CC(=O)[C@H](Cc1ccccc1)NC(=O)COC(=O)C1CC1. The van der Waals surface area contributed by atoms with Crippen molar-refractivity contribution in [3.05, 3.63) is 35.9 Å². The van der Waals surface area contributed by atoms with Gasteiger partial charge in [0, 0.05) is 0 Å². The van der Waals surface area contributed by atoms with Crippen molar-refractivity contribution in [1.82, 2.24) is 5.32 Å². The first-order chi connectivity index (χ1) is 10.1. The summed E-state index contributed by atoms with van der Waals surface area (Å²) in [6.45, 7) is 1.11. The number of rotatable bonds is 7. The molecule has 1 N–H and O–H groups in total. The van der Waals surface area contributed by atoms with Gasteiger partial charge in [-0.3, -0.25) is 14.4 Å². The van der Waals surface area contributed by atoms with E-state index in [0.29, 0.717) is 6.42 Å². The van der Waals surface area contributed by atoms with Crippen LogP contribution in [0, 0.1) is 5.92 Å². The van der Waals surface area contributed by atoms with Crippen LogP contribution < -0.4 is 5.32 Å². The Morgan fingerprint density at radius 1 is 1.24 bits per heavy atom. The topological polar surface area (TPSA) is 72.5 Å². The predicted molar refractivity (Wildman–Crippen MR) is 76.4 cm³/mol. The normalized spacial score (nSPS) is 15.1. The van der Waals surface area contributed by atoms with Crippen molar-refractivity contribution in [2.24, 2.45) is 5.92 Å². The third-order valence-electron chi connectivity index (χ3n) is 3.36. The lowest BCUT2D eigenvalue weighted by Crippen LogP contribution is -2.43. The maximum absolute atomic E-state index is 11.8. The molecule has 1 amide bonds. The van der Waals surface area contributed by atoms with Crippen molar-refractivity contribution >= 4 is 17.7 Å². The number of esters is 1. The zero-order chi connectivity index (χ0) is 15.2. The molecule has 0 heterocycles. The van der Waals surface area contributed by atoms with Crippen LogP contribution in [0.1, 0.15) is 25.3 Å². The highest BCUT2D eigenvalue weighted by Gasteiger charge is 2.31. The maximum atomic E-state index is 11.8. The summed E-state index contributed by atoms with van der Waals surface area (Å²) in [5.74, 6) is -0.931. The van der Waals surface area contributed by atoms with Crippen molar-refractivity contribution in [2.75, 3.05) is 6.61 Å². The van der Waals surface area contributed by atoms with Crippen LogP contribution in [-0.4, -0.2) is 30.3 Å². The van der Waals surface area contributed by atoms with E-state index in [2.05, 4.69) is 5.32 Å². The number of carbonyl (C=O) groups excluding carboxylic acids is 3. The van der Waals surface area contributed by atoms with Crippen molar-refractivity contribution in [1.29, 1.82) is 0 Å². The Bertz CT molecular complexity index is 522. The molecule has 1 aromatic carbocycles. The fraction of sp³-hybridized carbons (Fsp3) is 0.438. The van der Waals surface area contributed by atoms with E-state index in [4.69, 9.17) is 4.74 Å². The first kappa shape index (κ1) is 15.2. The Hall–Kier alpha value is -2.17. The average molecular weight is 289 g/mol. The van der Waals surface area contributed by atoms with E-state index in [1.54, 1.807) is 0 Å². The van der Waals surface area contributed by atoms with Crippen molar-refractivity contribution < 1.29 is 19.1 Å². The van der Waals surface area contributed by atoms with E-state index >= 15 is 0 Å². The highest BCUT2D eigenvalue weighted by atomic mass is 16.5. The Morgan fingerprint density at radius 3 is 2.48 bits per heavy atom. The molecular weight excluding hydrogens is 270 g/mol. The summed E-state index contributed by atoms with van der Waals surface area (Å²) < 4.78 is 4.90. The molecule has 5 heteroatoms. The number of ketones is 1. The minimum Gasteiger partial charge on any atom is -0.455 e. The number of amides is 1. The van der Waals surface area contributed by atoms with E-state index < -0.39 is 11.9 Å². The zero-order valence-corrected chi connectivity index (χ0v) is 12.0. The standard InChI is InChI=1S/C16H19NO4/c1-11(18)14(9-12-5-3-2-4-6-12)17-15(19)10-21-16(20)13-7-8-13/h2-6,13-14H,7-10H2,1H3,(H,17,19)/t14-/m0/s1. The van der Waals surface area contributed by atoms with Gasteiger partial charge >= 0.3 is 5.97 Å². The largest absolute Gasteiger partial charge is 0.455 e. The number of nitrogens with one attached hydrogen (secondary N) is 1. The van der Waals surface area contributed by atoms with Crippen LogP contribution in [0.15, 0.2) is 30.3 Å². The minimum absolute atomic E-state index is 0.0364. The first-order valence-corrected chi connectivity index (χ1v) is 7.06. The van der Waals surface area contributed by atoms with E-state index in [9.17, 15) is 14.4 Å². The van der Waals surface area contributed by atoms with Gasteiger partial charge in [0.15, 0.2) is 12.4 Å².